The van der Waals surface area contributed by atoms with Crippen molar-refractivity contribution in [1.82, 2.24) is 5.32 Å². The monoisotopic (exact) mass is 336 g/mol. The number of thiocarbonyl (C=S) groups is 1. The molecule has 1 aliphatic heterocycles. The van der Waals surface area contributed by atoms with Crippen LogP contribution in [-0.2, 0) is 10.2 Å². The molecule has 1 saturated heterocycles. The van der Waals surface area contributed by atoms with Crippen LogP contribution in [0.15, 0.2) is 24.3 Å². The summed E-state index contributed by atoms with van der Waals surface area (Å²) < 4.78 is 5.37. The Kier molecular flexibility index (Phi) is 6.81. The van der Waals surface area contributed by atoms with Gasteiger partial charge < -0.3 is 20.3 Å². The third-order valence-corrected chi connectivity index (χ3v) is 4.45. The number of ether oxygens (including phenoxy) is 1. The Labute approximate surface area is 145 Å². The zero-order valence-electron chi connectivity index (χ0n) is 14.6. The first-order chi connectivity index (χ1) is 10.9. The van der Waals surface area contributed by atoms with E-state index in [1.165, 1.54) is 12.1 Å². The summed E-state index contributed by atoms with van der Waals surface area (Å²) in [7, 11) is 0. The molecular formula is C18H30N3OS+. The maximum atomic E-state index is 5.37. The molecule has 3 N–H and O–H groups in total. The molecule has 2 rings (SSSR count). The fourth-order valence-corrected chi connectivity index (χ4v) is 2.90. The number of benzene rings is 1. The molecule has 23 heavy (non-hydrogen) atoms. The molecule has 1 aliphatic rings. The molecule has 0 saturated carbocycles. The summed E-state index contributed by atoms with van der Waals surface area (Å²) in [6.45, 7) is 12.8. The molecule has 128 valence electrons. The minimum Gasteiger partial charge on any atom is -0.370 e. The number of hydrogen-bond acceptors (Lipinski definition) is 2. The van der Waals surface area contributed by atoms with Gasteiger partial charge in [0.2, 0.25) is 0 Å². The molecule has 0 radical (unpaired) electrons. The molecule has 0 bridgehead atoms. The molecule has 0 aliphatic carbocycles. The molecule has 0 spiro atoms. The predicted octanol–water partition coefficient (Wildman–Crippen LogP) is 1.58. The molecule has 0 amide bonds. The Morgan fingerprint density at radius 1 is 1.17 bits per heavy atom. The van der Waals surface area contributed by atoms with E-state index >= 15 is 0 Å². The fourth-order valence-electron chi connectivity index (χ4n) is 2.68. The summed E-state index contributed by atoms with van der Waals surface area (Å²) >= 11 is 5.36. The molecule has 5 heteroatoms. The van der Waals surface area contributed by atoms with Crippen molar-refractivity contribution in [3.8, 4) is 0 Å². The van der Waals surface area contributed by atoms with Crippen LogP contribution in [0.25, 0.3) is 0 Å². The van der Waals surface area contributed by atoms with Crippen molar-refractivity contribution in [2.24, 2.45) is 0 Å². The van der Waals surface area contributed by atoms with Gasteiger partial charge in [0.15, 0.2) is 5.11 Å². The first-order valence-electron chi connectivity index (χ1n) is 8.52. The highest BCUT2D eigenvalue weighted by molar-refractivity contribution is 7.80. The standard InChI is InChI=1S/C18H29N3OS/c1-18(2,3)15-5-7-16(8-6-15)20-17(23)19-9-4-10-21-11-13-22-14-12-21/h5-8H,4,9-14H2,1-3H3,(H2,19,20,23)/p+1. The second-order valence-electron chi connectivity index (χ2n) is 7.17. The van der Waals surface area contributed by atoms with Crippen LogP contribution in [-0.4, -0.2) is 44.5 Å². The van der Waals surface area contributed by atoms with Gasteiger partial charge in [-0.3, -0.25) is 0 Å². The Morgan fingerprint density at radius 2 is 1.83 bits per heavy atom. The quantitative estimate of drug-likeness (QED) is 0.564. The fraction of sp³-hybridized carbons (Fsp3) is 0.611. The van der Waals surface area contributed by atoms with Gasteiger partial charge in [0.05, 0.1) is 19.8 Å². The van der Waals surface area contributed by atoms with Gasteiger partial charge in [-0.25, -0.2) is 0 Å². The number of rotatable bonds is 5. The molecule has 0 unspecified atom stereocenters. The highest BCUT2D eigenvalue weighted by Crippen LogP contribution is 2.23. The van der Waals surface area contributed by atoms with Gasteiger partial charge in [-0.2, -0.15) is 0 Å². The average Bonchev–Trinajstić information content (AvgIpc) is 2.52. The maximum Gasteiger partial charge on any atom is 0.170 e. The molecule has 1 heterocycles. The molecule has 4 nitrogen and oxygen atoms in total. The van der Waals surface area contributed by atoms with Gasteiger partial charge in [0.25, 0.3) is 0 Å². The van der Waals surface area contributed by atoms with E-state index in [4.69, 9.17) is 17.0 Å². The first kappa shape index (κ1) is 18.2. The van der Waals surface area contributed by atoms with Crippen LogP contribution in [0.4, 0.5) is 5.69 Å². The highest BCUT2D eigenvalue weighted by atomic mass is 32.1. The minimum atomic E-state index is 0.180. The Hall–Kier alpha value is -1.17. The van der Waals surface area contributed by atoms with E-state index in [-0.39, 0.29) is 5.41 Å². The molecule has 0 atom stereocenters. The van der Waals surface area contributed by atoms with Gasteiger partial charge >= 0.3 is 0 Å². The SMILES string of the molecule is CC(C)(C)c1ccc(NC(=S)NCCC[NH+]2CCOCC2)cc1. The summed E-state index contributed by atoms with van der Waals surface area (Å²) in [5.41, 5.74) is 2.55. The Bertz CT molecular complexity index is 490. The second-order valence-corrected chi connectivity index (χ2v) is 7.58. The third kappa shape index (κ3) is 6.45. The van der Waals surface area contributed by atoms with Gasteiger partial charge in [0, 0.05) is 18.7 Å². The molecular weight excluding hydrogens is 306 g/mol. The summed E-state index contributed by atoms with van der Waals surface area (Å²) in [6, 6.07) is 8.50. The number of morpholine rings is 1. The Balaban J connectivity index is 1.66. The lowest BCUT2D eigenvalue weighted by Crippen LogP contribution is -3.14. The summed E-state index contributed by atoms with van der Waals surface area (Å²) in [6.07, 6.45) is 1.13. The Morgan fingerprint density at radius 3 is 2.43 bits per heavy atom. The lowest BCUT2D eigenvalue weighted by Gasteiger charge is -2.23. The van der Waals surface area contributed by atoms with E-state index in [2.05, 4.69) is 55.7 Å². The summed E-state index contributed by atoms with van der Waals surface area (Å²) in [5, 5.41) is 7.24. The van der Waals surface area contributed by atoms with Crippen LogP contribution in [0.2, 0.25) is 0 Å². The number of nitrogens with one attached hydrogen (secondary N) is 3. The highest BCUT2D eigenvalue weighted by Gasteiger charge is 2.13. The van der Waals surface area contributed by atoms with Gasteiger partial charge in [-0.05, 0) is 35.3 Å². The van der Waals surface area contributed by atoms with Gasteiger partial charge in [-0.15, -0.1) is 0 Å². The molecule has 1 aromatic carbocycles. The normalized spacial score (nSPS) is 16.1. The number of anilines is 1. The van der Waals surface area contributed by atoms with Crippen LogP contribution in [0.1, 0.15) is 32.8 Å². The first-order valence-corrected chi connectivity index (χ1v) is 8.93. The molecule has 1 aromatic rings. The van der Waals surface area contributed by atoms with Crippen LogP contribution >= 0.6 is 12.2 Å². The van der Waals surface area contributed by atoms with Crippen LogP contribution in [0.5, 0.6) is 0 Å². The minimum absolute atomic E-state index is 0.180. The van der Waals surface area contributed by atoms with Crippen LogP contribution < -0.4 is 15.5 Å². The van der Waals surface area contributed by atoms with Crippen molar-refractivity contribution in [3.05, 3.63) is 29.8 Å². The topological polar surface area (TPSA) is 37.7 Å². The van der Waals surface area contributed by atoms with E-state index < -0.39 is 0 Å². The van der Waals surface area contributed by atoms with Crippen molar-refractivity contribution in [2.75, 3.05) is 44.7 Å². The largest absolute Gasteiger partial charge is 0.370 e. The second kappa shape index (κ2) is 8.62. The van der Waals surface area contributed by atoms with Gasteiger partial charge in [0.1, 0.15) is 13.1 Å². The maximum absolute atomic E-state index is 5.37. The summed E-state index contributed by atoms with van der Waals surface area (Å²) in [5.74, 6) is 0. The lowest BCUT2D eigenvalue weighted by atomic mass is 9.87. The number of quaternary nitrogens is 1. The third-order valence-electron chi connectivity index (χ3n) is 4.20. The van der Waals surface area contributed by atoms with E-state index in [9.17, 15) is 0 Å². The van der Waals surface area contributed by atoms with E-state index in [1.54, 1.807) is 4.90 Å². The van der Waals surface area contributed by atoms with Crippen LogP contribution in [0.3, 0.4) is 0 Å². The average molecular weight is 337 g/mol. The number of hydrogen-bond donors (Lipinski definition) is 3. The smallest absolute Gasteiger partial charge is 0.170 e. The van der Waals surface area contributed by atoms with Gasteiger partial charge in [-0.1, -0.05) is 32.9 Å². The van der Waals surface area contributed by atoms with Crippen LogP contribution in [0, 0.1) is 0 Å². The zero-order valence-corrected chi connectivity index (χ0v) is 15.4. The predicted molar refractivity (Wildman–Crippen MR) is 100 cm³/mol. The van der Waals surface area contributed by atoms with E-state index in [1.807, 2.05) is 0 Å². The summed E-state index contributed by atoms with van der Waals surface area (Å²) in [4.78, 5) is 1.63. The van der Waals surface area contributed by atoms with E-state index in [0.717, 1.165) is 45.0 Å². The van der Waals surface area contributed by atoms with Crippen molar-refractivity contribution in [3.63, 3.8) is 0 Å². The van der Waals surface area contributed by atoms with Crippen molar-refractivity contribution >= 4 is 23.0 Å². The molecule has 0 aromatic heterocycles. The van der Waals surface area contributed by atoms with Crippen molar-refractivity contribution < 1.29 is 9.64 Å². The molecule has 1 fully saturated rings. The van der Waals surface area contributed by atoms with Crippen molar-refractivity contribution in [2.45, 2.75) is 32.6 Å². The zero-order chi connectivity index (χ0) is 16.7. The lowest BCUT2D eigenvalue weighted by molar-refractivity contribution is -0.908. The van der Waals surface area contributed by atoms with Crippen molar-refractivity contribution in [1.29, 1.82) is 0 Å². The van der Waals surface area contributed by atoms with E-state index in [0.29, 0.717) is 5.11 Å².